The van der Waals surface area contributed by atoms with Crippen LogP contribution in [0.25, 0.3) is 0 Å². The van der Waals surface area contributed by atoms with E-state index in [1.165, 1.54) is 6.92 Å². The monoisotopic (exact) mass is 162 g/mol. The highest BCUT2D eigenvalue weighted by Gasteiger charge is 2.22. The SMILES string of the molecule is CC(=O)C(Cl)C(=O)C(C)C. The van der Waals surface area contributed by atoms with Crippen molar-refractivity contribution in [1.29, 1.82) is 0 Å². The summed E-state index contributed by atoms with van der Waals surface area (Å²) in [4.78, 5) is 21.5. The molecule has 0 rings (SSSR count). The molecule has 0 aliphatic rings. The van der Waals surface area contributed by atoms with Crippen LogP contribution in [-0.2, 0) is 9.59 Å². The minimum Gasteiger partial charge on any atom is -0.298 e. The third-order valence-corrected chi connectivity index (χ3v) is 1.70. The van der Waals surface area contributed by atoms with Gasteiger partial charge >= 0.3 is 0 Å². The van der Waals surface area contributed by atoms with Gasteiger partial charge in [-0.2, -0.15) is 0 Å². The second-order valence-electron chi connectivity index (χ2n) is 2.53. The topological polar surface area (TPSA) is 34.1 Å². The van der Waals surface area contributed by atoms with Crippen LogP contribution >= 0.6 is 11.6 Å². The maximum Gasteiger partial charge on any atom is 0.160 e. The summed E-state index contributed by atoms with van der Waals surface area (Å²) in [5.41, 5.74) is 0. The van der Waals surface area contributed by atoms with Gasteiger partial charge in [-0.3, -0.25) is 9.59 Å². The molecule has 3 heteroatoms. The van der Waals surface area contributed by atoms with Gasteiger partial charge in [-0.25, -0.2) is 0 Å². The lowest BCUT2D eigenvalue weighted by atomic mass is 10.0. The van der Waals surface area contributed by atoms with Crippen molar-refractivity contribution in [3.05, 3.63) is 0 Å². The summed E-state index contributed by atoms with van der Waals surface area (Å²) in [5, 5.41) is -0.944. The Morgan fingerprint density at radius 3 is 1.80 bits per heavy atom. The zero-order chi connectivity index (χ0) is 8.31. The largest absolute Gasteiger partial charge is 0.298 e. The summed E-state index contributed by atoms with van der Waals surface area (Å²) in [6.45, 7) is 4.76. The van der Waals surface area contributed by atoms with E-state index >= 15 is 0 Å². The first-order chi connectivity index (χ1) is 4.46. The summed E-state index contributed by atoms with van der Waals surface area (Å²) in [5.74, 6) is -0.638. The van der Waals surface area contributed by atoms with Gasteiger partial charge in [0.05, 0.1) is 0 Å². The van der Waals surface area contributed by atoms with Crippen molar-refractivity contribution in [2.24, 2.45) is 5.92 Å². The van der Waals surface area contributed by atoms with Crippen LogP contribution < -0.4 is 0 Å². The van der Waals surface area contributed by atoms with Crippen molar-refractivity contribution in [2.75, 3.05) is 0 Å². The molecule has 1 atom stereocenters. The van der Waals surface area contributed by atoms with Gasteiger partial charge in [0.15, 0.2) is 16.9 Å². The fourth-order valence-electron chi connectivity index (χ4n) is 0.493. The number of carbonyl (C=O) groups is 2. The maximum atomic E-state index is 10.9. The van der Waals surface area contributed by atoms with Crippen LogP contribution in [0.3, 0.4) is 0 Å². The number of ketones is 2. The molecule has 0 saturated heterocycles. The maximum absolute atomic E-state index is 10.9. The standard InChI is InChI=1S/C7H11ClO2/c1-4(2)7(10)6(8)5(3)9/h4,6H,1-3H3. The van der Waals surface area contributed by atoms with Gasteiger partial charge in [0.25, 0.3) is 0 Å². The highest BCUT2D eigenvalue weighted by molar-refractivity contribution is 6.42. The molecule has 0 bridgehead atoms. The van der Waals surface area contributed by atoms with Crippen LogP contribution in [-0.4, -0.2) is 16.9 Å². The lowest BCUT2D eigenvalue weighted by Gasteiger charge is -2.06. The molecule has 0 aromatic rings. The van der Waals surface area contributed by atoms with E-state index in [0.29, 0.717) is 0 Å². The zero-order valence-electron chi connectivity index (χ0n) is 6.35. The Morgan fingerprint density at radius 1 is 1.30 bits per heavy atom. The Morgan fingerprint density at radius 2 is 1.70 bits per heavy atom. The van der Waals surface area contributed by atoms with E-state index in [0.717, 1.165) is 0 Å². The Balaban J connectivity index is 4.08. The van der Waals surface area contributed by atoms with Crippen LogP contribution in [0.1, 0.15) is 20.8 Å². The number of hydrogen-bond acceptors (Lipinski definition) is 2. The average molecular weight is 163 g/mol. The molecule has 0 spiro atoms. The summed E-state index contributed by atoms with van der Waals surface area (Å²) in [6.07, 6.45) is 0. The Hall–Kier alpha value is -0.370. The highest BCUT2D eigenvalue weighted by Crippen LogP contribution is 2.06. The minimum absolute atomic E-state index is 0.161. The quantitative estimate of drug-likeness (QED) is 0.465. The Labute approximate surface area is 65.6 Å². The van der Waals surface area contributed by atoms with E-state index in [9.17, 15) is 9.59 Å². The van der Waals surface area contributed by atoms with Crippen LogP contribution in [0, 0.1) is 5.92 Å². The van der Waals surface area contributed by atoms with Gasteiger partial charge in [0, 0.05) is 5.92 Å². The molecule has 0 aliphatic heterocycles. The van der Waals surface area contributed by atoms with E-state index in [-0.39, 0.29) is 17.5 Å². The number of Topliss-reactive ketones (excluding diaryl/α,β-unsaturated/α-hetero) is 2. The van der Waals surface area contributed by atoms with E-state index in [1.54, 1.807) is 13.8 Å². The third-order valence-electron chi connectivity index (χ3n) is 1.18. The minimum atomic E-state index is -0.944. The van der Waals surface area contributed by atoms with Crippen molar-refractivity contribution in [1.82, 2.24) is 0 Å². The van der Waals surface area contributed by atoms with Crippen molar-refractivity contribution in [3.63, 3.8) is 0 Å². The summed E-state index contributed by atoms with van der Waals surface area (Å²) in [6, 6.07) is 0. The van der Waals surface area contributed by atoms with Gasteiger partial charge in [-0.15, -0.1) is 11.6 Å². The molecule has 0 heterocycles. The van der Waals surface area contributed by atoms with Crippen LogP contribution in [0.2, 0.25) is 0 Å². The smallest absolute Gasteiger partial charge is 0.160 e. The van der Waals surface area contributed by atoms with Gasteiger partial charge < -0.3 is 0 Å². The molecule has 0 aliphatic carbocycles. The predicted octanol–water partition coefficient (Wildman–Crippen LogP) is 1.41. The van der Waals surface area contributed by atoms with Crippen LogP contribution in [0.5, 0.6) is 0 Å². The van der Waals surface area contributed by atoms with Crippen molar-refractivity contribution in [3.8, 4) is 0 Å². The summed E-state index contributed by atoms with van der Waals surface area (Å²) < 4.78 is 0. The molecule has 58 valence electrons. The molecular weight excluding hydrogens is 152 g/mol. The van der Waals surface area contributed by atoms with Crippen molar-refractivity contribution >= 4 is 23.2 Å². The molecule has 1 unspecified atom stereocenters. The normalized spacial score (nSPS) is 13.3. The molecule has 2 nitrogen and oxygen atoms in total. The second kappa shape index (κ2) is 3.71. The Bertz CT molecular complexity index is 152. The molecule has 0 saturated carbocycles. The number of halogens is 1. The lowest BCUT2D eigenvalue weighted by molar-refractivity contribution is -0.127. The van der Waals surface area contributed by atoms with Gasteiger partial charge in [-0.1, -0.05) is 13.8 Å². The second-order valence-corrected chi connectivity index (χ2v) is 2.97. The Kier molecular flexibility index (Phi) is 3.58. The molecule has 0 aromatic carbocycles. The number of hydrogen-bond donors (Lipinski definition) is 0. The molecule has 0 fully saturated rings. The molecule has 0 aromatic heterocycles. The molecular formula is C7H11ClO2. The molecule has 0 radical (unpaired) electrons. The third kappa shape index (κ3) is 2.48. The van der Waals surface area contributed by atoms with Crippen molar-refractivity contribution < 1.29 is 9.59 Å². The first-order valence-corrected chi connectivity index (χ1v) is 3.58. The fraction of sp³-hybridized carbons (Fsp3) is 0.714. The predicted molar refractivity (Wildman–Crippen MR) is 40.2 cm³/mol. The number of rotatable bonds is 3. The summed E-state index contributed by atoms with van der Waals surface area (Å²) >= 11 is 5.46. The first-order valence-electron chi connectivity index (χ1n) is 3.15. The lowest BCUT2D eigenvalue weighted by Crippen LogP contribution is -2.26. The van der Waals surface area contributed by atoms with Crippen molar-refractivity contribution in [2.45, 2.75) is 26.1 Å². The summed E-state index contributed by atoms with van der Waals surface area (Å²) in [7, 11) is 0. The van der Waals surface area contributed by atoms with E-state index in [2.05, 4.69) is 0 Å². The van der Waals surface area contributed by atoms with Gasteiger partial charge in [0.2, 0.25) is 0 Å². The fourth-order valence-corrected chi connectivity index (χ4v) is 0.745. The first kappa shape index (κ1) is 9.63. The highest BCUT2D eigenvalue weighted by atomic mass is 35.5. The molecule has 0 amide bonds. The average Bonchev–Trinajstić information content (AvgIpc) is 1.84. The molecule has 10 heavy (non-hydrogen) atoms. The van der Waals surface area contributed by atoms with Crippen LogP contribution in [0.15, 0.2) is 0 Å². The molecule has 0 N–H and O–H groups in total. The number of alkyl halides is 1. The van der Waals surface area contributed by atoms with E-state index in [4.69, 9.17) is 11.6 Å². The number of carbonyl (C=O) groups excluding carboxylic acids is 2. The van der Waals surface area contributed by atoms with Gasteiger partial charge in [-0.05, 0) is 6.92 Å². The van der Waals surface area contributed by atoms with Gasteiger partial charge in [0.1, 0.15) is 0 Å². The van der Waals surface area contributed by atoms with E-state index in [1.807, 2.05) is 0 Å². The zero-order valence-corrected chi connectivity index (χ0v) is 7.11. The van der Waals surface area contributed by atoms with E-state index < -0.39 is 5.38 Å². The van der Waals surface area contributed by atoms with Crippen LogP contribution in [0.4, 0.5) is 0 Å².